The number of rotatable bonds is 3. The van der Waals surface area contributed by atoms with E-state index in [1.54, 1.807) is 36.4 Å². The number of carbonyl (C=O) groups excluding carboxylic acids is 1. The van der Waals surface area contributed by atoms with Gasteiger partial charge in [-0.3, -0.25) is 9.10 Å². The van der Waals surface area contributed by atoms with Gasteiger partial charge >= 0.3 is 0 Å². The third-order valence-electron chi connectivity index (χ3n) is 3.95. The van der Waals surface area contributed by atoms with E-state index in [0.717, 1.165) is 5.56 Å². The molecule has 1 amide bonds. The summed E-state index contributed by atoms with van der Waals surface area (Å²) in [5.41, 5.74) is 2.59. The molecule has 24 heavy (non-hydrogen) atoms. The smallest absolute Gasteiger partial charge is 0.255 e. The van der Waals surface area contributed by atoms with E-state index in [1.165, 1.54) is 4.31 Å². The summed E-state index contributed by atoms with van der Waals surface area (Å²) < 4.78 is 25.2. The molecule has 1 aliphatic heterocycles. The zero-order valence-electron chi connectivity index (χ0n) is 13.1. The normalized spacial score (nSPS) is 16.2. The Morgan fingerprint density at radius 1 is 1.17 bits per heavy atom. The highest BCUT2D eigenvalue weighted by Crippen LogP contribution is 2.25. The van der Waals surface area contributed by atoms with Crippen LogP contribution in [-0.4, -0.2) is 26.6 Å². The number of nitrogens with zero attached hydrogens (tertiary/aromatic N) is 1. The van der Waals surface area contributed by atoms with Crippen LogP contribution < -0.4 is 9.62 Å². The first-order valence-corrected chi connectivity index (χ1v) is 9.53. The maximum Gasteiger partial charge on any atom is 0.255 e. The van der Waals surface area contributed by atoms with Gasteiger partial charge in [-0.15, -0.1) is 0 Å². The molecule has 1 aliphatic rings. The molecular weight excluding hydrogens is 348 g/mol. The fourth-order valence-corrected chi connectivity index (χ4v) is 4.33. The highest BCUT2D eigenvalue weighted by Gasteiger charge is 2.28. The summed E-state index contributed by atoms with van der Waals surface area (Å²) in [6, 6.07) is 11.9. The van der Waals surface area contributed by atoms with E-state index in [1.807, 2.05) is 13.0 Å². The molecule has 1 heterocycles. The maximum absolute atomic E-state index is 12.3. The number of hydrogen-bond donors (Lipinski definition) is 1. The van der Waals surface area contributed by atoms with Gasteiger partial charge in [-0.2, -0.15) is 0 Å². The average molecular weight is 365 g/mol. The van der Waals surface area contributed by atoms with E-state index >= 15 is 0 Å². The van der Waals surface area contributed by atoms with Crippen molar-refractivity contribution in [3.63, 3.8) is 0 Å². The van der Waals surface area contributed by atoms with Crippen LogP contribution in [0.1, 0.15) is 22.3 Å². The number of anilines is 2. The lowest BCUT2D eigenvalue weighted by molar-refractivity contribution is 0.102. The first-order chi connectivity index (χ1) is 11.4. The van der Waals surface area contributed by atoms with Gasteiger partial charge in [0.05, 0.1) is 11.4 Å². The van der Waals surface area contributed by atoms with Gasteiger partial charge in [-0.25, -0.2) is 8.42 Å². The van der Waals surface area contributed by atoms with Crippen molar-refractivity contribution in [2.24, 2.45) is 0 Å². The van der Waals surface area contributed by atoms with Crippen LogP contribution in [0.4, 0.5) is 11.4 Å². The molecule has 2 aromatic carbocycles. The third-order valence-corrected chi connectivity index (χ3v) is 6.22. The lowest BCUT2D eigenvalue weighted by atomic mass is 10.1. The van der Waals surface area contributed by atoms with E-state index in [2.05, 4.69) is 5.32 Å². The number of halogens is 1. The lowest BCUT2D eigenvalue weighted by Crippen LogP contribution is -2.25. The Labute approximate surface area is 146 Å². The summed E-state index contributed by atoms with van der Waals surface area (Å²) in [5.74, 6) is -0.102. The van der Waals surface area contributed by atoms with Crippen LogP contribution in [0.25, 0.3) is 0 Å². The fraction of sp³-hybridized carbons (Fsp3) is 0.235. The Bertz CT molecular complexity index is 879. The zero-order chi connectivity index (χ0) is 17.3. The second-order valence-corrected chi connectivity index (χ2v) is 8.13. The predicted octanol–water partition coefficient (Wildman–Crippen LogP) is 3.44. The van der Waals surface area contributed by atoms with Gasteiger partial charge in [0.2, 0.25) is 10.0 Å². The van der Waals surface area contributed by atoms with Crippen molar-refractivity contribution in [1.29, 1.82) is 0 Å². The molecule has 1 fully saturated rings. The first-order valence-electron chi connectivity index (χ1n) is 7.55. The summed E-state index contributed by atoms with van der Waals surface area (Å²) in [6.07, 6.45) is 0.624. The molecule has 2 aromatic rings. The minimum Gasteiger partial charge on any atom is -0.322 e. The highest BCUT2D eigenvalue weighted by molar-refractivity contribution is 7.93. The minimum absolute atomic E-state index is 0.170. The van der Waals surface area contributed by atoms with Crippen LogP contribution in [-0.2, 0) is 10.0 Å². The quantitative estimate of drug-likeness (QED) is 0.907. The number of aryl methyl sites for hydroxylation is 1. The Hall–Kier alpha value is -2.05. The van der Waals surface area contributed by atoms with Crippen LogP contribution in [0.2, 0.25) is 5.02 Å². The molecule has 1 N–H and O–H groups in total. The zero-order valence-corrected chi connectivity index (χ0v) is 14.7. The van der Waals surface area contributed by atoms with Crippen molar-refractivity contribution in [2.45, 2.75) is 13.3 Å². The predicted molar refractivity (Wildman–Crippen MR) is 96.3 cm³/mol. The van der Waals surface area contributed by atoms with Crippen molar-refractivity contribution in [1.82, 2.24) is 0 Å². The van der Waals surface area contributed by atoms with Crippen LogP contribution in [0.5, 0.6) is 0 Å². The van der Waals surface area contributed by atoms with Crippen molar-refractivity contribution in [3.05, 3.63) is 58.6 Å². The summed E-state index contributed by atoms with van der Waals surface area (Å²) in [6.45, 7) is 2.37. The van der Waals surface area contributed by atoms with Gasteiger partial charge in [0.1, 0.15) is 0 Å². The van der Waals surface area contributed by atoms with Crippen molar-refractivity contribution in [3.8, 4) is 0 Å². The second-order valence-electron chi connectivity index (χ2n) is 5.71. The molecule has 0 saturated carbocycles. The molecule has 0 aromatic heterocycles. The van der Waals surface area contributed by atoms with E-state index in [0.29, 0.717) is 34.9 Å². The average Bonchev–Trinajstić information content (AvgIpc) is 2.90. The van der Waals surface area contributed by atoms with Gasteiger partial charge in [-0.1, -0.05) is 17.7 Å². The van der Waals surface area contributed by atoms with Crippen molar-refractivity contribution < 1.29 is 13.2 Å². The molecule has 0 radical (unpaired) electrons. The maximum atomic E-state index is 12.3. The standard InChI is InChI=1S/C17H17ClN2O3S/c1-12-3-6-14(11-16(12)18)19-17(21)13-4-7-15(8-5-13)20-9-2-10-24(20,22)23/h3-8,11H,2,9-10H2,1H3,(H,19,21). The molecular formula is C17H17ClN2O3S. The molecule has 3 rings (SSSR count). The van der Waals surface area contributed by atoms with Gasteiger partial charge in [-0.05, 0) is 55.3 Å². The lowest BCUT2D eigenvalue weighted by Gasteiger charge is -2.17. The Kier molecular flexibility index (Phi) is 4.51. The van der Waals surface area contributed by atoms with Crippen molar-refractivity contribution in [2.75, 3.05) is 21.9 Å². The van der Waals surface area contributed by atoms with E-state index in [4.69, 9.17) is 11.6 Å². The number of carbonyl (C=O) groups is 1. The molecule has 0 unspecified atom stereocenters. The Morgan fingerprint density at radius 2 is 1.88 bits per heavy atom. The van der Waals surface area contributed by atoms with Crippen LogP contribution in [0.3, 0.4) is 0 Å². The van der Waals surface area contributed by atoms with Crippen LogP contribution >= 0.6 is 11.6 Å². The minimum atomic E-state index is -3.21. The Balaban J connectivity index is 1.75. The monoisotopic (exact) mass is 364 g/mol. The van der Waals surface area contributed by atoms with Gasteiger partial charge in [0.15, 0.2) is 0 Å². The summed E-state index contributed by atoms with van der Waals surface area (Å²) >= 11 is 6.05. The Morgan fingerprint density at radius 3 is 2.46 bits per heavy atom. The van der Waals surface area contributed by atoms with E-state index in [-0.39, 0.29) is 11.7 Å². The summed E-state index contributed by atoms with van der Waals surface area (Å²) in [7, 11) is -3.21. The number of amides is 1. The van der Waals surface area contributed by atoms with E-state index in [9.17, 15) is 13.2 Å². The summed E-state index contributed by atoms with van der Waals surface area (Å²) in [5, 5.41) is 3.36. The van der Waals surface area contributed by atoms with Crippen LogP contribution in [0, 0.1) is 6.92 Å². The third kappa shape index (κ3) is 3.39. The molecule has 126 valence electrons. The number of nitrogens with one attached hydrogen (secondary N) is 1. The molecule has 5 nitrogen and oxygen atoms in total. The first kappa shape index (κ1) is 16.8. The van der Waals surface area contributed by atoms with Gasteiger partial charge in [0.25, 0.3) is 5.91 Å². The molecule has 0 aliphatic carbocycles. The molecule has 0 atom stereocenters. The molecule has 7 heteroatoms. The second kappa shape index (κ2) is 6.45. The van der Waals surface area contributed by atoms with Gasteiger partial charge < -0.3 is 5.32 Å². The molecule has 1 saturated heterocycles. The highest BCUT2D eigenvalue weighted by atomic mass is 35.5. The number of benzene rings is 2. The summed E-state index contributed by atoms with van der Waals surface area (Å²) in [4.78, 5) is 12.3. The number of sulfonamides is 1. The topological polar surface area (TPSA) is 66.5 Å². The van der Waals surface area contributed by atoms with Crippen LogP contribution in [0.15, 0.2) is 42.5 Å². The fourth-order valence-electron chi connectivity index (χ4n) is 2.58. The molecule has 0 bridgehead atoms. The number of hydrogen-bond acceptors (Lipinski definition) is 3. The molecule has 0 spiro atoms. The van der Waals surface area contributed by atoms with E-state index < -0.39 is 10.0 Å². The SMILES string of the molecule is Cc1ccc(NC(=O)c2ccc(N3CCCS3(=O)=O)cc2)cc1Cl. The van der Waals surface area contributed by atoms with Crippen molar-refractivity contribution >= 4 is 38.9 Å². The van der Waals surface area contributed by atoms with Gasteiger partial charge in [0, 0.05) is 22.8 Å². The largest absolute Gasteiger partial charge is 0.322 e.